The Balaban J connectivity index is 1.00. The van der Waals surface area contributed by atoms with Crippen LogP contribution in [0.25, 0.3) is 22.3 Å². The number of benzene rings is 7. The Morgan fingerprint density at radius 1 is 0.667 bits per heavy atom. The highest BCUT2D eigenvalue weighted by Gasteiger charge is 2.52. The van der Waals surface area contributed by atoms with E-state index in [0.29, 0.717) is 11.1 Å². The molecule has 35 nitrogen and oxygen atoms in total. The molecule has 18 atom stereocenters. The first-order valence-electron chi connectivity index (χ1n) is 38.1. The van der Waals surface area contributed by atoms with E-state index in [1.165, 1.54) is 51.2 Å². The molecule has 38 heteroatoms. The van der Waals surface area contributed by atoms with E-state index in [2.05, 4.69) is 47.9 Å². The van der Waals surface area contributed by atoms with Gasteiger partial charge in [-0.05, 0) is 157 Å². The van der Waals surface area contributed by atoms with Crippen molar-refractivity contribution in [2.45, 2.75) is 163 Å². The number of fused-ring (bicyclic) bond motifs is 15. The number of halogens is 3. The number of primary amides is 1. The van der Waals surface area contributed by atoms with Crippen molar-refractivity contribution in [1.29, 1.82) is 0 Å². The first-order chi connectivity index (χ1) is 57.0. The van der Waals surface area contributed by atoms with Crippen LogP contribution < -0.4 is 73.5 Å². The third-order valence-corrected chi connectivity index (χ3v) is 21.6. The fourth-order valence-corrected chi connectivity index (χ4v) is 15.1. The number of aromatic hydroxyl groups is 3. The molecule has 22 N–H and O–H groups in total. The monoisotopic (exact) mass is 1700 g/mol. The van der Waals surface area contributed by atoms with Crippen LogP contribution in [0, 0.1) is 11.7 Å². The number of phenolic OH excluding ortho intramolecular Hbond substituents is 3. The second-order valence-corrected chi connectivity index (χ2v) is 31.2. The molecule has 120 heavy (non-hydrogen) atoms. The van der Waals surface area contributed by atoms with E-state index in [9.17, 15) is 74.3 Å². The average Bonchev–Trinajstić information content (AvgIpc) is 0.763. The van der Waals surface area contributed by atoms with Gasteiger partial charge in [0.25, 0.3) is 5.91 Å². The highest BCUT2D eigenvalue weighted by Crippen LogP contribution is 2.50. The lowest BCUT2D eigenvalue weighted by Crippen LogP contribution is -2.64. The summed E-state index contributed by atoms with van der Waals surface area (Å²) in [6, 6.07) is 12.0. The van der Waals surface area contributed by atoms with Crippen LogP contribution in [0.4, 0.5) is 4.39 Å². The first-order valence-corrected chi connectivity index (χ1v) is 38.9. The van der Waals surface area contributed by atoms with Gasteiger partial charge in [-0.25, -0.2) is 4.39 Å². The number of aliphatic hydroxyl groups excluding tert-OH is 6. The molecule has 2 saturated heterocycles. The second kappa shape index (κ2) is 37.1. The van der Waals surface area contributed by atoms with Gasteiger partial charge in [-0.2, -0.15) is 0 Å². The molecule has 11 bridgehead atoms. The number of likely N-dealkylation sites (N-methyl/N-ethyl adjacent to an activating group) is 1. The minimum atomic E-state index is -2.37. The molecule has 7 aliphatic rings. The van der Waals surface area contributed by atoms with Crippen molar-refractivity contribution in [3.05, 3.63) is 177 Å². The van der Waals surface area contributed by atoms with Crippen molar-refractivity contribution in [3.63, 3.8) is 0 Å². The first kappa shape index (κ1) is 87.9. The van der Waals surface area contributed by atoms with Gasteiger partial charge in [-0.15, -0.1) is 0 Å². The summed E-state index contributed by atoms with van der Waals surface area (Å²) in [5, 5.41) is 128. The smallest absolute Gasteiger partial charge is 0.251 e. The van der Waals surface area contributed by atoms with E-state index in [0.717, 1.165) is 60.7 Å². The lowest BCUT2D eigenvalue weighted by Gasteiger charge is -2.47. The molecule has 7 aromatic rings. The van der Waals surface area contributed by atoms with Crippen LogP contribution in [-0.4, -0.2) is 205 Å². The molecule has 14 rings (SSSR count). The van der Waals surface area contributed by atoms with Gasteiger partial charge in [-0.1, -0.05) is 79.5 Å². The molecule has 0 aromatic heterocycles. The third kappa shape index (κ3) is 19.6. The van der Waals surface area contributed by atoms with Gasteiger partial charge in [0.15, 0.2) is 23.9 Å². The van der Waals surface area contributed by atoms with Crippen molar-refractivity contribution >= 4 is 76.4 Å². The summed E-state index contributed by atoms with van der Waals surface area (Å²) in [6.45, 7) is 5.37. The highest BCUT2D eigenvalue weighted by molar-refractivity contribution is 6.32. The molecule has 0 aliphatic carbocycles. The largest absolute Gasteiger partial charge is 0.508 e. The fourth-order valence-electron chi connectivity index (χ4n) is 14.7. The van der Waals surface area contributed by atoms with E-state index in [-0.39, 0.29) is 71.3 Å². The molecule has 0 radical (unpaired) electrons. The van der Waals surface area contributed by atoms with E-state index in [1.807, 2.05) is 13.8 Å². The van der Waals surface area contributed by atoms with E-state index in [4.69, 9.17) is 63.1 Å². The Morgan fingerprint density at radius 2 is 1.27 bits per heavy atom. The summed E-state index contributed by atoms with van der Waals surface area (Å²) in [7, 11) is 1.47. The Labute approximate surface area is 694 Å². The topological polar surface area (TPSA) is 551 Å². The van der Waals surface area contributed by atoms with Crippen molar-refractivity contribution in [2.24, 2.45) is 17.4 Å². The molecule has 7 aromatic carbocycles. The van der Waals surface area contributed by atoms with Gasteiger partial charge in [0.2, 0.25) is 59.3 Å². The number of carbonyl (C=O) groups is 9. The normalized spacial score (nSPS) is 26.5. The van der Waals surface area contributed by atoms with Crippen molar-refractivity contribution in [1.82, 2.24) is 47.9 Å². The molecular formula is C82H90Cl2FN11O24. The number of rotatable bonds is 19. The number of carbonyl (C=O) groups excluding carboxylic acids is 9. The van der Waals surface area contributed by atoms with E-state index < -0.39 is 249 Å². The molecular weight excluding hydrogens is 1610 g/mol. The number of ether oxygens (including phenoxy) is 6. The van der Waals surface area contributed by atoms with Crippen LogP contribution in [0.2, 0.25) is 10.0 Å². The summed E-state index contributed by atoms with van der Waals surface area (Å²) >= 11 is 14.3. The minimum absolute atomic E-state index is 0.0372. The maximum absolute atomic E-state index is 16.3. The zero-order valence-corrected chi connectivity index (χ0v) is 66.4. The second-order valence-electron chi connectivity index (χ2n) is 30.4. The zero-order chi connectivity index (χ0) is 86.6. The molecule has 2 fully saturated rings. The highest BCUT2D eigenvalue weighted by atomic mass is 35.5. The maximum atomic E-state index is 16.3. The Kier molecular flexibility index (Phi) is 27.2. The number of phenols is 3. The van der Waals surface area contributed by atoms with Gasteiger partial charge < -0.3 is 134 Å². The average molecular weight is 1700 g/mol. The molecule has 7 aliphatic heterocycles. The minimum Gasteiger partial charge on any atom is -0.508 e. The predicted octanol–water partition coefficient (Wildman–Crippen LogP) is 2.76. The van der Waals surface area contributed by atoms with Gasteiger partial charge in [-0.3, -0.25) is 43.2 Å². The van der Waals surface area contributed by atoms with Crippen LogP contribution >= 0.6 is 23.2 Å². The quantitative estimate of drug-likeness (QED) is 0.0518. The van der Waals surface area contributed by atoms with E-state index in [1.54, 1.807) is 36.4 Å². The van der Waals surface area contributed by atoms with Gasteiger partial charge in [0, 0.05) is 47.8 Å². The Bertz CT molecular complexity index is 5070. The summed E-state index contributed by atoms with van der Waals surface area (Å²) in [6.07, 6.45) is -18.7. The Morgan fingerprint density at radius 3 is 1.88 bits per heavy atom. The molecule has 3 unspecified atom stereocenters. The zero-order valence-electron chi connectivity index (χ0n) is 64.9. The molecule has 9 amide bonds. The molecule has 7 heterocycles. The van der Waals surface area contributed by atoms with Crippen LogP contribution in [-0.2, 0) is 52.6 Å². The number of aliphatic hydroxyl groups is 6. The number of nitrogens with one attached hydrogen (secondary N) is 9. The van der Waals surface area contributed by atoms with E-state index >= 15 is 19.2 Å². The number of hydrogen-bond acceptors (Lipinski definition) is 26. The molecule has 0 saturated carbocycles. The lowest BCUT2D eigenvalue weighted by atomic mass is 9.86. The predicted molar refractivity (Wildman–Crippen MR) is 423 cm³/mol. The lowest BCUT2D eigenvalue weighted by molar-refractivity contribution is -0.333. The van der Waals surface area contributed by atoms with Gasteiger partial charge >= 0.3 is 0 Å². The van der Waals surface area contributed by atoms with Gasteiger partial charge in [0.1, 0.15) is 101 Å². The van der Waals surface area contributed by atoms with Crippen LogP contribution in [0.1, 0.15) is 122 Å². The van der Waals surface area contributed by atoms with Crippen molar-refractivity contribution in [3.8, 4) is 68.2 Å². The summed E-state index contributed by atoms with van der Waals surface area (Å²) in [5.74, 6) is -16.1. The summed E-state index contributed by atoms with van der Waals surface area (Å²) in [5.41, 5.74) is 9.98. The van der Waals surface area contributed by atoms with Crippen molar-refractivity contribution < 1.29 is 122 Å². The van der Waals surface area contributed by atoms with Crippen LogP contribution in [0.3, 0.4) is 0 Å². The fraction of sp³-hybridized carbons (Fsp3) is 0.378. The number of nitrogens with two attached hydrogens (primary N) is 2. The summed E-state index contributed by atoms with van der Waals surface area (Å²) in [4.78, 5) is 134. The molecule has 0 spiro atoms. The number of hydrogen-bond donors (Lipinski definition) is 20. The SMILES string of the molecule is CN[C@H](CC(C)C)C(=O)N[C@H]1C(=O)N[C@@H](CC(N)=O)C(=O)NC2C(=O)N[C@H]3C(=O)N[C@H](C(=O)NC(C(=O)NCCCNC(=O)c4ccc(-c5ccc(F)cc5)cc4)c4cc(O)cc(O)c4-c4cc3ccc4O)[C@H](O)c3ccc(c(Cl)c3)Oc3cc2cc(c3O[C@@H]2O[C@H](CO)[C@@H](O)[C@H](O)[C@H]2OC2C[C@](C)(N)[C@H](O)[C@H](C)O2)Oc2ccc(cc2Cl)[C@H]1O. The summed E-state index contributed by atoms with van der Waals surface area (Å²) < 4.78 is 52.3. The number of amides is 9. The third-order valence-electron chi connectivity index (χ3n) is 21.1. The van der Waals surface area contributed by atoms with Crippen LogP contribution in [0.5, 0.6) is 46.0 Å². The Hall–Kier alpha value is -11.4. The molecule has 638 valence electrons. The maximum Gasteiger partial charge on any atom is 0.251 e. The van der Waals surface area contributed by atoms with Gasteiger partial charge in [0.05, 0.1) is 41.3 Å². The standard InChI is InChI=1S/C82H90Cl2FN11O24/c1-34(2)23-49(88-5)74(108)95-64-66(102)40-14-19-53(47(83)25-40)116-55-27-42-28-56(70(55)120-81-71(69(105)68(104)57(33-97)118-81)119-59-32-82(4,87)72(106)35(3)115-59)117-54-20-15-41(26-48(54)84)67(103)65-80(114)94-63(76(110)90-22-6-21-89-73(107)38-9-7-36(8-10-38)37-11-16-43(85)17-12-37)46-29-44(98)30-52(100)60(46)45-24-39(13-18-51(45)99)61(77(111)96-65)93-78(112)62(42)92-75(109)50(31-58(86)101)91-79(64)113/h7-20,24-30,34-35,49-50,57,59,61-69,71-72,81,88,97-100,102-106H,6,21-23,31-33,87H2,1-5H3,(H2,86,101)(H,89,107)(H,90,110)(H,91,113)(H,92,109)(H,93,112)(H,94,114)(H,95,108)(H,96,111)/t35-,49+,50-,57+,59?,61+,62?,63?,64+,65-,66+,67+,68+,69-,71+,72+,81-,82-/m0/s1. The van der Waals surface area contributed by atoms with Crippen molar-refractivity contribution in [2.75, 3.05) is 26.7 Å². The van der Waals surface area contributed by atoms with Crippen LogP contribution in [0.15, 0.2) is 127 Å².